The first-order valence-corrected chi connectivity index (χ1v) is 15.6. The van der Waals surface area contributed by atoms with Crippen LogP contribution in [0.2, 0.25) is 0 Å². The van der Waals surface area contributed by atoms with Crippen LogP contribution in [0, 0.1) is 0 Å². The quantitative estimate of drug-likeness (QED) is 0.0331. The molecule has 2 fully saturated rings. The number of aliphatic carboxylic acids is 1. The fourth-order valence-corrected chi connectivity index (χ4v) is 5.63. The Balaban J connectivity index is 2.22. The number of primary amides is 1. The highest BCUT2D eigenvalue weighted by molar-refractivity contribution is 7.81. The summed E-state index contributed by atoms with van der Waals surface area (Å²) in [6.45, 7) is 3.64. The van der Waals surface area contributed by atoms with E-state index in [2.05, 4.69) is 33.6 Å². The van der Waals surface area contributed by atoms with Gasteiger partial charge in [0, 0.05) is 24.9 Å². The molecule has 0 unspecified atom stereocenters. The summed E-state index contributed by atoms with van der Waals surface area (Å²) in [5.41, 5.74) is 21.9. The van der Waals surface area contributed by atoms with Gasteiger partial charge in [-0.25, -0.2) is 0 Å². The number of carbonyl (C=O) groups is 7. The number of hydrogen-bond acceptors (Lipinski definition) is 10. The number of rotatable bonds is 16. The highest BCUT2D eigenvalue weighted by atomic mass is 32.1. The van der Waals surface area contributed by atoms with Crippen molar-refractivity contribution in [3.8, 4) is 0 Å². The van der Waals surface area contributed by atoms with Gasteiger partial charge >= 0.3 is 5.97 Å². The average molecular weight is 671 g/mol. The van der Waals surface area contributed by atoms with E-state index >= 15 is 0 Å². The molecule has 2 saturated heterocycles. The number of carbonyl (C=O) groups excluding carboxylic acids is 6. The van der Waals surface area contributed by atoms with Crippen LogP contribution in [-0.4, -0.2) is 123 Å². The van der Waals surface area contributed by atoms with E-state index in [1.807, 2.05) is 0 Å². The van der Waals surface area contributed by atoms with Crippen LogP contribution in [0.25, 0.3) is 0 Å². The molecule has 0 bridgehead atoms. The Labute approximate surface area is 272 Å². The topological polar surface area (TPSA) is 299 Å². The Morgan fingerprint density at radius 3 is 1.98 bits per heavy atom. The van der Waals surface area contributed by atoms with Gasteiger partial charge in [0.05, 0.1) is 12.5 Å². The SMILES string of the molecule is C[C@H](N)C(=O)N1CCC[C@H]1C(=O)N[C@@H](CC(=O)O)C(=O)N[C@H](C(=O)N[C@@H](CCCN=C(N)N)C(=O)N1CCC[C@H]1C(N)=O)[C@@H](C)S. The summed E-state index contributed by atoms with van der Waals surface area (Å²) in [5, 5.41) is 16.0. The minimum absolute atomic E-state index is 0.0701. The lowest BCUT2D eigenvalue weighted by Gasteiger charge is -2.30. The molecule has 6 amide bonds. The van der Waals surface area contributed by atoms with Gasteiger partial charge in [0.2, 0.25) is 35.4 Å². The molecule has 0 aromatic rings. The van der Waals surface area contributed by atoms with E-state index in [1.54, 1.807) is 0 Å². The molecule has 2 rings (SSSR count). The Hall–Kier alpha value is -4.13. The van der Waals surface area contributed by atoms with Crippen molar-refractivity contribution < 1.29 is 38.7 Å². The van der Waals surface area contributed by atoms with Crippen molar-refractivity contribution >= 4 is 60.0 Å². The van der Waals surface area contributed by atoms with Crippen molar-refractivity contribution in [1.29, 1.82) is 0 Å². The maximum atomic E-state index is 13.5. The summed E-state index contributed by atoms with van der Waals surface area (Å²) in [6, 6.07) is -6.81. The molecule has 7 atom stereocenters. The van der Waals surface area contributed by atoms with Gasteiger partial charge in [0.25, 0.3) is 0 Å². The largest absolute Gasteiger partial charge is 0.481 e. The van der Waals surface area contributed by atoms with Gasteiger partial charge in [0.1, 0.15) is 30.2 Å². The van der Waals surface area contributed by atoms with E-state index in [4.69, 9.17) is 22.9 Å². The van der Waals surface area contributed by atoms with Gasteiger partial charge in [0.15, 0.2) is 5.96 Å². The number of guanidine groups is 1. The number of likely N-dealkylation sites (tertiary alicyclic amines) is 2. The lowest BCUT2D eigenvalue weighted by Crippen LogP contribution is -2.61. The molecule has 12 N–H and O–H groups in total. The fraction of sp³-hybridized carbons (Fsp3) is 0.704. The first-order chi connectivity index (χ1) is 21.5. The summed E-state index contributed by atoms with van der Waals surface area (Å²) < 4.78 is 0. The molecule has 0 aliphatic carbocycles. The molecular weight excluding hydrogens is 624 g/mol. The number of nitrogens with two attached hydrogens (primary N) is 4. The van der Waals surface area contributed by atoms with Crippen LogP contribution in [0.15, 0.2) is 4.99 Å². The maximum Gasteiger partial charge on any atom is 0.305 e. The summed E-state index contributed by atoms with van der Waals surface area (Å²) in [5.74, 6) is -5.83. The van der Waals surface area contributed by atoms with E-state index < -0.39 is 89.3 Å². The molecule has 0 aromatic heterocycles. The second kappa shape index (κ2) is 17.5. The fourth-order valence-electron chi connectivity index (χ4n) is 5.42. The number of carboxylic acid groups (broad SMARTS) is 1. The zero-order valence-electron chi connectivity index (χ0n) is 26.0. The van der Waals surface area contributed by atoms with E-state index in [0.717, 1.165) is 0 Å². The second-order valence-electron chi connectivity index (χ2n) is 11.5. The van der Waals surface area contributed by atoms with Gasteiger partial charge in [-0.1, -0.05) is 6.92 Å². The molecule has 2 aliphatic rings. The van der Waals surface area contributed by atoms with Gasteiger partial charge in [-0.05, 0) is 45.4 Å². The van der Waals surface area contributed by atoms with Crippen molar-refractivity contribution in [2.75, 3.05) is 19.6 Å². The monoisotopic (exact) mass is 670 g/mol. The van der Waals surface area contributed by atoms with Crippen LogP contribution in [0.3, 0.4) is 0 Å². The molecule has 0 saturated carbocycles. The number of aliphatic imine (C=N–C) groups is 1. The van der Waals surface area contributed by atoms with Crippen molar-refractivity contribution in [2.45, 2.75) is 100 Å². The van der Waals surface area contributed by atoms with Crippen molar-refractivity contribution in [2.24, 2.45) is 27.9 Å². The zero-order chi connectivity index (χ0) is 34.7. The van der Waals surface area contributed by atoms with Gasteiger partial charge in [-0.3, -0.25) is 38.6 Å². The summed E-state index contributed by atoms with van der Waals surface area (Å²) in [4.78, 5) is 95.9. The van der Waals surface area contributed by atoms with E-state index in [0.29, 0.717) is 19.3 Å². The highest BCUT2D eigenvalue weighted by Crippen LogP contribution is 2.20. The standard InChI is InChI=1S/C27H46N10O8S/c1-13(28)25(44)37-11-5-8-18(37)23(42)34-16(12-19(38)39)22(41)35-20(14(2)46)24(43)33-15(6-3-9-32-27(30)31)26(45)36-10-4-7-17(36)21(29)40/h13-18,20,46H,3-12,28H2,1-2H3,(H2,29,40)(H,33,43)(H,34,42)(H,35,41)(H,38,39)(H4,30,31,32)/t13-,14+,15-,16-,17-,18-,20-/m0/s1. The highest BCUT2D eigenvalue weighted by Gasteiger charge is 2.40. The van der Waals surface area contributed by atoms with Gasteiger partial charge < -0.3 is 53.8 Å². The van der Waals surface area contributed by atoms with Crippen LogP contribution >= 0.6 is 12.6 Å². The zero-order valence-corrected chi connectivity index (χ0v) is 26.9. The Bertz CT molecular complexity index is 1200. The maximum absolute atomic E-state index is 13.5. The molecule has 19 heteroatoms. The molecule has 258 valence electrons. The first kappa shape index (κ1) is 38.1. The second-order valence-corrected chi connectivity index (χ2v) is 12.3. The summed E-state index contributed by atoms with van der Waals surface area (Å²) in [6.07, 6.45) is 1.22. The minimum Gasteiger partial charge on any atom is -0.481 e. The molecule has 0 radical (unpaired) electrons. The lowest BCUT2D eigenvalue weighted by molar-refractivity contribution is -0.143. The minimum atomic E-state index is -1.61. The lowest BCUT2D eigenvalue weighted by atomic mass is 10.1. The molecule has 2 aliphatic heterocycles. The molecular formula is C27H46N10O8S. The predicted molar refractivity (Wildman–Crippen MR) is 169 cm³/mol. The van der Waals surface area contributed by atoms with Crippen LogP contribution in [0.5, 0.6) is 0 Å². The number of hydrogen-bond donors (Lipinski definition) is 9. The third-order valence-corrected chi connectivity index (χ3v) is 8.02. The molecule has 46 heavy (non-hydrogen) atoms. The van der Waals surface area contributed by atoms with Crippen LogP contribution < -0.4 is 38.9 Å². The van der Waals surface area contributed by atoms with Crippen molar-refractivity contribution in [3.05, 3.63) is 0 Å². The first-order valence-electron chi connectivity index (χ1n) is 15.1. The van der Waals surface area contributed by atoms with E-state index in [9.17, 15) is 38.7 Å². The van der Waals surface area contributed by atoms with Crippen LogP contribution in [-0.2, 0) is 33.6 Å². The summed E-state index contributed by atoms with van der Waals surface area (Å²) in [7, 11) is 0. The third kappa shape index (κ3) is 10.7. The molecule has 18 nitrogen and oxygen atoms in total. The Morgan fingerprint density at radius 2 is 1.46 bits per heavy atom. The summed E-state index contributed by atoms with van der Waals surface area (Å²) >= 11 is 4.31. The van der Waals surface area contributed by atoms with Gasteiger partial charge in [-0.15, -0.1) is 0 Å². The van der Waals surface area contributed by atoms with Gasteiger partial charge in [-0.2, -0.15) is 12.6 Å². The molecule has 0 aromatic carbocycles. The number of thiol groups is 1. The van der Waals surface area contributed by atoms with Crippen molar-refractivity contribution in [1.82, 2.24) is 25.8 Å². The number of nitrogens with one attached hydrogen (secondary N) is 3. The van der Waals surface area contributed by atoms with E-state index in [1.165, 1.54) is 23.6 Å². The third-order valence-electron chi connectivity index (χ3n) is 7.73. The van der Waals surface area contributed by atoms with Crippen LogP contribution in [0.4, 0.5) is 0 Å². The van der Waals surface area contributed by atoms with Crippen molar-refractivity contribution in [3.63, 3.8) is 0 Å². The Morgan fingerprint density at radius 1 is 0.870 bits per heavy atom. The average Bonchev–Trinajstić information content (AvgIpc) is 3.66. The Kier molecular flexibility index (Phi) is 14.5. The predicted octanol–water partition coefficient (Wildman–Crippen LogP) is -3.90. The number of nitrogens with zero attached hydrogens (tertiary/aromatic N) is 3. The normalized spacial score (nSPS) is 20.9. The molecule has 0 spiro atoms. The van der Waals surface area contributed by atoms with Crippen LogP contribution in [0.1, 0.15) is 58.8 Å². The number of carboxylic acids is 1. The van der Waals surface area contributed by atoms with E-state index in [-0.39, 0.29) is 44.9 Å². The number of amides is 6. The molecule has 2 heterocycles. The smallest absolute Gasteiger partial charge is 0.305 e.